The highest BCUT2D eigenvalue weighted by Crippen LogP contribution is 2.14. The average Bonchev–Trinajstić information content (AvgIpc) is 2.62. The highest BCUT2D eigenvalue weighted by Gasteiger charge is 2.24. The van der Waals surface area contributed by atoms with Gasteiger partial charge in [0.1, 0.15) is 0 Å². The van der Waals surface area contributed by atoms with Gasteiger partial charge in [0.05, 0.1) is 0 Å². The molecule has 25 heavy (non-hydrogen) atoms. The van der Waals surface area contributed by atoms with E-state index in [0.29, 0.717) is 13.1 Å². The number of rotatable bonds is 5. The first-order valence-corrected chi connectivity index (χ1v) is 10.0. The molecule has 3 rings (SSSR count). The van der Waals surface area contributed by atoms with Crippen LogP contribution in [0.2, 0.25) is 0 Å². The Morgan fingerprint density at radius 2 is 1.68 bits per heavy atom. The zero-order valence-electron chi connectivity index (χ0n) is 14.5. The van der Waals surface area contributed by atoms with Crippen molar-refractivity contribution in [2.45, 2.75) is 13.5 Å². The van der Waals surface area contributed by atoms with Gasteiger partial charge in [0, 0.05) is 38.1 Å². The quantitative estimate of drug-likeness (QED) is 0.826. The molecule has 1 saturated heterocycles. The van der Waals surface area contributed by atoms with Gasteiger partial charge in [-0.15, -0.1) is 0 Å². The summed E-state index contributed by atoms with van der Waals surface area (Å²) in [6, 6.07) is 18.0. The molecule has 0 bridgehead atoms. The number of sulfonamides is 1. The number of hydrogen-bond acceptors (Lipinski definition) is 3. The Hall–Kier alpha value is -1.95. The molecule has 132 valence electrons. The average molecular weight is 356 g/mol. The SMILES string of the molecule is Cc1cccc(CN2CCN(S(=O)(=O)/C=C/c3ccccc3)CC2)c1. The molecule has 0 atom stereocenters. The van der Waals surface area contributed by atoms with Crippen LogP contribution in [0.15, 0.2) is 60.0 Å². The topological polar surface area (TPSA) is 40.6 Å². The number of hydrogen-bond donors (Lipinski definition) is 0. The third kappa shape index (κ3) is 5.01. The normalized spacial score (nSPS) is 17.2. The van der Waals surface area contributed by atoms with Crippen molar-refractivity contribution >= 4 is 16.1 Å². The molecule has 1 aliphatic heterocycles. The maximum Gasteiger partial charge on any atom is 0.236 e. The summed E-state index contributed by atoms with van der Waals surface area (Å²) in [6.45, 7) is 5.54. The van der Waals surface area contributed by atoms with E-state index in [2.05, 4.69) is 36.1 Å². The molecule has 0 aliphatic carbocycles. The maximum absolute atomic E-state index is 12.5. The van der Waals surface area contributed by atoms with E-state index < -0.39 is 10.0 Å². The molecule has 2 aromatic rings. The van der Waals surface area contributed by atoms with Gasteiger partial charge in [0.15, 0.2) is 0 Å². The van der Waals surface area contributed by atoms with Gasteiger partial charge in [0.2, 0.25) is 10.0 Å². The third-order valence-electron chi connectivity index (χ3n) is 4.41. The van der Waals surface area contributed by atoms with E-state index in [1.807, 2.05) is 30.3 Å². The summed E-state index contributed by atoms with van der Waals surface area (Å²) in [5.41, 5.74) is 3.43. The zero-order chi connectivity index (χ0) is 17.7. The molecule has 0 saturated carbocycles. The Bertz CT molecular complexity index is 824. The molecule has 4 nitrogen and oxygen atoms in total. The second-order valence-electron chi connectivity index (χ2n) is 6.42. The minimum atomic E-state index is -3.36. The monoisotopic (exact) mass is 356 g/mol. The van der Waals surface area contributed by atoms with Crippen molar-refractivity contribution in [3.8, 4) is 0 Å². The number of benzene rings is 2. The van der Waals surface area contributed by atoms with Crippen molar-refractivity contribution in [1.29, 1.82) is 0 Å². The molecule has 5 heteroatoms. The smallest absolute Gasteiger partial charge is 0.236 e. The highest BCUT2D eigenvalue weighted by molar-refractivity contribution is 7.92. The molecule has 0 spiro atoms. The fourth-order valence-corrected chi connectivity index (χ4v) is 4.20. The van der Waals surface area contributed by atoms with Gasteiger partial charge in [-0.1, -0.05) is 60.2 Å². The van der Waals surface area contributed by atoms with Crippen molar-refractivity contribution in [2.75, 3.05) is 26.2 Å². The summed E-state index contributed by atoms with van der Waals surface area (Å²) in [6.07, 6.45) is 1.66. The molecule has 1 heterocycles. The van der Waals surface area contributed by atoms with Crippen LogP contribution in [0, 0.1) is 6.92 Å². The van der Waals surface area contributed by atoms with Crippen LogP contribution in [-0.4, -0.2) is 43.8 Å². The number of aryl methyl sites for hydroxylation is 1. The Kier molecular flexibility index (Phi) is 5.68. The molecular formula is C20H24N2O2S. The van der Waals surface area contributed by atoms with Crippen LogP contribution >= 0.6 is 0 Å². The van der Waals surface area contributed by atoms with E-state index in [9.17, 15) is 8.42 Å². The number of piperazine rings is 1. The van der Waals surface area contributed by atoms with Crippen LogP contribution in [0.1, 0.15) is 16.7 Å². The minimum Gasteiger partial charge on any atom is -0.296 e. The van der Waals surface area contributed by atoms with Crippen molar-refractivity contribution in [3.05, 3.63) is 76.7 Å². The fourth-order valence-electron chi connectivity index (χ4n) is 3.03. The molecule has 0 N–H and O–H groups in total. The van der Waals surface area contributed by atoms with E-state index >= 15 is 0 Å². The fraction of sp³-hybridized carbons (Fsp3) is 0.300. The van der Waals surface area contributed by atoms with Crippen LogP contribution < -0.4 is 0 Å². The lowest BCUT2D eigenvalue weighted by atomic mass is 10.1. The lowest BCUT2D eigenvalue weighted by molar-refractivity contribution is 0.182. The summed E-state index contributed by atoms with van der Waals surface area (Å²) in [4.78, 5) is 2.31. The van der Waals surface area contributed by atoms with Crippen molar-refractivity contribution in [2.24, 2.45) is 0 Å². The van der Waals surface area contributed by atoms with Gasteiger partial charge in [-0.25, -0.2) is 8.42 Å². The summed E-state index contributed by atoms with van der Waals surface area (Å²) in [5.74, 6) is 0. The van der Waals surface area contributed by atoms with Gasteiger partial charge in [0.25, 0.3) is 0 Å². The van der Waals surface area contributed by atoms with Crippen LogP contribution in [-0.2, 0) is 16.6 Å². The van der Waals surface area contributed by atoms with Crippen LogP contribution in [0.25, 0.3) is 6.08 Å². The van der Waals surface area contributed by atoms with Gasteiger partial charge in [-0.2, -0.15) is 4.31 Å². The standard InChI is InChI=1S/C20H24N2O2S/c1-18-6-5-9-20(16-18)17-21-11-13-22(14-12-21)25(23,24)15-10-19-7-3-2-4-8-19/h2-10,15-16H,11-14,17H2,1H3/b15-10+. The van der Waals surface area contributed by atoms with Gasteiger partial charge >= 0.3 is 0 Å². The predicted molar refractivity (Wildman–Crippen MR) is 102 cm³/mol. The van der Waals surface area contributed by atoms with E-state index in [0.717, 1.165) is 25.2 Å². The van der Waals surface area contributed by atoms with Crippen LogP contribution in [0.4, 0.5) is 0 Å². The number of nitrogens with zero attached hydrogens (tertiary/aromatic N) is 2. The van der Waals surface area contributed by atoms with Crippen LogP contribution in [0.3, 0.4) is 0 Å². The highest BCUT2D eigenvalue weighted by atomic mass is 32.2. The first-order chi connectivity index (χ1) is 12.0. The van der Waals surface area contributed by atoms with Crippen molar-refractivity contribution in [1.82, 2.24) is 9.21 Å². The Labute approximate surface area is 150 Å². The summed E-state index contributed by atoms with van der Waals surface area (Å²) >= 11 is 0. The second-order valence-corrected chi connectivity index (χ2v) is 8.24. The molecular weight excluding hydrogens is 332 g/mol. The Morgan fingerprint density at radius 3 is 2.36 bits per heavy atom. The minimum absolute atomic E-state index is 0.535. The van der Waals surface area contributed by atoms with Gasteiger partial charge in [-0.05, 0) is 24.1 Å². The first-order valence-electron chi connectivity index (χ1n) is 8.54. The van der Waals surface area contributed by atoms with E-state index in [-0.39, 0.29) is 0 Å². The van der Waals surface area contributed by atoms with Crippen molar-refractivity contribution < 1.29 is 8.42 Å². The summed E-state index contributed by atoms with van der Waals surface area (Å²) in [5, 5.41) is 1.32. The second kappa shape index (κ2) is 7.95. The maximum atomic E-state index is 12.5. The largest absolute Gasteiger partial charge is 0.296 e. The lowest BCUT2D eigenvalue weighted by Gasteiger charge is -2.33. The zero-order valence-corrected chi connectivity index (χ0v) is 15.3. The lowest BCUT2D eigenvalue weighted by Crippen LogP contribution is -2.47. The third-order valence-corrected chi connectivity index (χ3v) is 5.98. The molecule has 0 radical (unpaired) electrons. The van der Waals surface area contributed by atoms with Gasteiger partial charge in [-0.3, -0.25) is 4.90 Å². The first kappa shape index (κ1) is 17.9. The van der Waals surface area contributed by atoms with Crippen LogP contribution in [0.5, 0.6) is 0 Å². The Balaban J connectivity index is 1.57. The summed E-state index contributed by atoms with van der Waals surface area (Å²) < 4.78 is 26.5. The molecule has 0 aromatic heterocycles. The summed E-state index contributed by atoms with van der Waals surface area (Å²) in [7, 11) is -3.36. The molecule has 1 aliphatic rings. The molecule has 1 fully saturated rings. The molecule has 0 amide bonds. The van der Waals surface area contributed by atoms with E-state index in [1.54, 1.807) is 10.4 Å². The molecule has 2 aromatic carbocycles. The van der Waals surface area contributed by atoms with E-state index in [4.69, 9.17) is 0 Å². The van der Waals surface area contributed by atoms with E-state index in [1.165, 1.54) is 16.5 Å². The Morgan fingerprint density at radius 1 is 0.960 bits per heavy atom. The van der Waals surface area contributed by atoms with Crippen molar-refractivity contribution in [3.63, 3.8) is 0 Å². The van der Waals surface area contributed by atoms with Gasteiger partial charge < -0.3 is 0 Å². The predicted octanol–water partition coefficient (Wildman–Crippen LogP) is 3.11. The molecule has 0 unspecified atom stereocenters.